The number of rotatable bonds is 6. The van der Waals surface area contributed by atoms with Crippen molar-refractivity contribution in [2.45, 2.75) is 48.0 Å². The SMILES string of the molecule is CC(C)C(C)CC(C)C(C)C(C)CN. The lowest BCUT2D eigenvalue weighted by Gasteiger charge is -2.28. The topological polar surface area (TPSA) is 26.0 Å². The molecule has 0 bridgehead atoms. The standard InChI is InChI=1S/C13H29N/c1-9(2)10(3)7-11(4)13(6)12(5)8-14/h9-13H,7-8,14H2,1-6H3. The Labute approximate surface area is 90.5 Å². The Balaban J connectivity index is 4.00. The average Bonchev–Trinajstić information content (AvgIpc) is 2.14. The Morgan fingerprint density at radius 1 is 0.786 bits per heavy atom. The van der Waals surface area contributed by atoms with Crippen LogP contribution in [0.1, 0.15) is 48.0 Å². The molecule has 0 fully saturated rings. The molecule has 0 aromatic rings. The molecule has 4 atom stereocenters. The number of hydrogen-bond donors (Lipinski definition) is 1. The molecule has 0 spiro atoms. The minimum Gasteiger partial charge on any atom is -0.330 e. The highest BCUT2D eigenvalue weighted by Crippen LogP contribution is 2.28. The van der Waals surface area contributed by atoms with E-state index in [9.17, 15) is 0 Å². The fourth-order valence-electron chi connectivity index (χ4n) is 1.85. The lowest BCUT2D eigenvalue weighted by molar-refractivity contribution is 0.223. The molecule has 0 aliphatic carbocycles. The van der Waals surface area contributed by atoms with Crippen LogP contribution in [0.5, 0.6) is 0 Å². The molecule has 86 valence electrons. The molecular formula is C13H29N. The van der Waals surface area contributed by atoms with Gasteiger partial charge in [-0.1, -0.05) is 41.5 Å². The predicted molar refractivity (Wildman–Crippen MR) is 65.2 cm³/mol. The third-order valence-corrected chi connectivity index (χ3v) is 4.05. The summed E-state index contributed by atoms with van der Waals surface area (Å²) in [7, 11) is 0. The predicted octanol–water partition coefficient (Wildman–Crippen LogP) is 3.54. The van der Waals surface area contributed by atoms with Crippen molar-refractivity contribution in [3.8, 4) is 0 Å². The zero-order valence-corrected chi connectivity index (χ0v) is 10.9. The summed E-state index contributed by atoms with van der Waals surface area (Å²) in [6, 6.07) is 0. The third kappa shape index (κ3) is 4.45. The van der Waals surface area contributed by atoms with Gasteiger partial charge in [0.1, 0.15) is 0 Å². The van der Waals surface area contributed by atoms with Gasteiger partial charge in [-0.25, -0.2) is 0 Å². The summed E-state index contributed by atoms with van der Waals surface area (Å²) in [6.45, 7) is 14.8. The molecule has 0 aliphatic rings. The molecule has 0 heterocycles. The van der Waals surface area contributed by atoms with Crippen LogP contribution in [-0.2, 0) is 0 Å². The maximum absolute atomic E-state index is 5.70. The summed E-state index contributed by atoms with van der Waals surface area (Å²) < 4.78 is 0. The second kappa shape index (κ2) is 6.44. The second-order valence-corrected chi connectivity index (χ2v) is 5.51. The highest BCUT2D eigenvalue weighted by Gasteiger charge is 2.20. The smallest absolute Gasteiger partial charge is 0.00489 e. The molecule has 0 saturated heterocycles. The van der Waals surface area contributed by atoms with Crippen LogP contribution in [0.25, 0.3) is 0 Å². The summed E-state index contributed by atoms with van der Waals surface area (Å²) in [6.07, 6.45) is 1.34. The van der Waals surface area contributed by atoms with Gasteiger partial charge in [0.05, 0.1) is 0 Å². The van der Waals surface area contributed by atoms with Crippen LogP contribution in [-0.4, -0.2) is 6.54 Å². The first-order valence-electron chi connectivity index (χ1n) is 6.10. The van der Waals surface area contributed by atoms with Crippen LogP contribution < -0.4 is 5.73 Å². The van der Waals surface area contributed by atoms with Gasteiger partial charge in [0.25, 0.3) is 0 Å². The van der Waals surface area contributed by atoms with Crippen LogP contribution in [0.4, 0.5) is 0 Å². The molecule has 0 radical (unpaired) electrons. The Bertz CT molecular complexity index is 142. The van der Waals surface area contributed by atoms with Gasteiger partial charge in [-0.3, -0.25) is 0 Å². The van der Waals surface area contributed by atoms with E-state index in [1.807, 2.05) is 0 Å². The van der Waals surface area contributed by atoms with Gasteiger partial charge >= 0.3 is 0 Å². The van der Waals surface area contributed by atoms with Crippen molar-refractivity contribution in [1.82, 2.24) is 0 Å². The van der Waals surface area contributed by atoms with E-state index >= 15 is 0 Å². The fraction of sp³-hybridized carbons (Fsp3) is 1.00. The van der Waals surface area contributed by atoms with Gasteiger partial charge in [0.15, 0.2) is 0 Å². The van der Waals surface area contributed by atoms with Gasteiger partial charge in [0.2, 0.25) is 0 Å². The Morgan fingerprint density at radius 2 is 1.29 bits per heavy atom. The van der Waals surface area contributed by atoms with Crippen molar-refractivity contribution in [2.24, 2.45) is 35.3 Å². The van der Waals surface area contributed by atoms with E-state index in [4.69, 9.17) is 5.73 Å². The van der Waals surface area contributed by atoms with Crippen LogP contribution in [0.2, 0.25) is 0 Å². The summed E-state index contributed by atoms with van der Waals surface area (Å²) in [5.41, 5.74) is 5.70. The van der Waals surface area contributed by atoms with Gasteiger partial charge < -0.3 is 5.73 Å². The average molecular weight is 199 g/mol. The molecule has 0 aromatic heterocycles. The van der Waals surface area contributed by atoms with Crippen molar-refractivity contribution in [2.75, 3.05) is 6.54 Å². The molecule has 0 rings (SSSR count). The molecule has 0 saturated carbocycles. The maximum Gasteiger partial charge on any atom is -0.00489 e. The first-order valence-corrected chi connectivity index (χ1v) is 6.10. The molecule has 1 heteroatoms. The van der Waals surface area contributed by atoms with Gasteiger partial charge in [-0.2, -0.15) is 0 Å². The lowest BCUT2D eigenvalue weighted by Crippen LogP contribution is -2.25. The Hall–Kier alpha value is -0.0400. The molecule has 0 amide bonds. The zero-order chi connectivity index (χ0) is 11.3. The minimum absolute atomic E-state index is 0.657. The normalized spacial score (nSPS) is 20.6. The Morgan fingerprint density at radius 3 is 1.64 bits per heavy atom. The molecule has 1 nitrogen and oxygen atoms in total. The van der Waals surface area contributed by atoms with E-state index < -0.39 is 0 Å². The summed E-state index contributed by atoms with van der Waals surface area (Å²) in [5, 5.41) is 0. The highest BCUT2D eigenvalue weighted by molar-refractivity contribution is 4.71. The monoisotopic (exact) mass is 199 g/mol. The van der Waals surface area contributed by atoms with Gasteiger partial charge in [-0.05, 0) is 42.6 Å². The van der Waals surface area contributed by atoms with Crippen molar-refractivity contribution < 1.29 is 0 Å². The fourth-order valence-corrected chi connectivity index (χ4v) is 1.85. The first kappa shape index (κ1) is 14.0. The lowest BCUT2D eigenvalue weighted by atomic mass is 9.78. The van der Waals surface area contributed by atoms with Crippen LogP contribution in [0.3, 0.4) is 0 Å². The van der Waals surface area contributed by atoms with Gasteiger partial charge in [0, 0.05) is 0 Å². The van der Waals surface area contributed by atoms with Crippen LogP contribution in [0.15, 0.2) is 0 Å². The van der Waals surface area contributed by atoms with Gasteiger partial charge in [-0.15, -0.1) is 0 Å². The molecule has 0 aliphatic heterocycles. The summed E-state index contributed by atoms with van der Waals surface area (Å²) >= 11 is 0. The van der Waals surface area contributed by atoms with Crippen molar-refractivity contribution >= 4 is 0 Å². The highest BCUT2D eigenvalue weighted by atomic mass is 14.5. The minimum atomic E-state index is 0.657. The van der Waals surface area contributed by atoms with Crippen LogP contribution in [0, 0.1) is 29.6 Å². The van der Waals surface area contributed by atoms with Crippen LogP contribution >= 0.6 is 0 Å². The largest absolute Gasteiger partial charge is 0.330 e. The zero-order valence-electron chi connectivity index (χ0n) is 10.9. The van der Waals surface area contributed by atoms with Crippen molar-refractivity contribution in [1.29, 1.82) is 0 Å². The molecule has 14 heavy (non-hydrogen) atoms. The van der Waals surface area contributed by atoms with E-state index in [0.717, 1.165) is 30.2 Å². The van der Waals surface area contributed by atoms with E-state index in [0.29, 0.717) is 5.92 Å². The summed E-state index contributed by atoms with van der Waals surface area (Å²) in [5.74, 6) is 3.84. The number of nitrogens with two attached hydrogens (primary N) is 1. The van der Waals surface area contributed by atoms with E-state index in [2.05, 4.69) is 41.5 Å². The van der Waals surface area contributed by atoms with Crippen molar-refractivity contribution in [3.05, 3.63) is 0 Å². The molecule has 0 aromatic carbocycles. The molecule has 2 N–H and O–H groups in total. The molecular weight excluding hydrogens is 170 g/mol. The van der Waals surface area contributed by atoms with Crippen molar-refractivity contribution in [3.63, 3.8) is 0 Å². The summed E-state index contributed by atoms with van der Waals surface area (Å²) in [4.78, 5) is 0. The third-order valence-electron chi connectivity index (χ3n) is 4.05. The Kier molecular flexibility index (Phi) is 6.43. The van der Waals surface area contributed by atoms with E-state index in [-0.39, 0.29) is 0 Å². The number of hydrogen-bond acceptors (Lipinski definition) is 1. The quantitative estimate of drug-likeness (QED) is 0.696. The van der Waals surface area contributed by atoms with E-state index in [1.54, 1.807) is 0 Å². The second-order valence-electron chi connectivity index (χ2n) is 5.51. The first-order chi connectivity index (χ1) is 6.40. The maximum atomic E-state index is 5.70. The van der Waals surface area contributed by atoms with E-state index in [1.165, 1.54) is 6.42 Å². The molecule has 4 unspecified atom stereocenters.